The van der Waals surface area contributed by atoms with Crippen molar-refractivity contribution in [3.05, 3.63) is 29.8 Å². The summed E-state index contributed by atoms with van der Waals surface area (Å²) in [6.07, 6.45) is 5.73. The number of rotatable bonds is 2. The van der Waals surface area contributed by atoms with Crippen LogP contribution >= 0.6 is 0 Å². The van der Waals surface area contributed by atoms with E-state index in [9.17, 15) is 9.90 Å². The van der Waals surface area contributed by atoms with Gasteiger partial charge in [-0.2, -0.15) is 0 Å². The molecule has 0 aliphatic carbocycles. The Morgan fingerprint density at radius 3 is 2.88 bits per heavy atom. The van der Waals surface area contributed by atoms with Crippen LogP contribution in [0, 0.1) is 18.3 Å². The predicted octanol–water partition coefficient (Wildman–Crippen LogP) is 1.16. The van der Waals surface area contributed by atoms with Gasteiger partial charge in [0.1, 0.15) is 0 Å². The zero-order valence-electron chi connectivity index (χ0n) is 8.89. The van der Waals surface area contributed by atoms with Crippen molar-refractivity contribution in [1.82, 2.24) is 0 Å². The number of carbonyl (C=O) groups is 1. The monoisotopic (exact) mass is 215 g/mol. The highest BCUT2D eigenvalue weighted by Gasteiger charge is 2.30. The van der Waals surface area contributed by atoms with E-state index < -0.39 is 0 Å². The Morgan fingerprint density at radius 2 is 2.25 bits per heavy atom. The van der Waals surface area contributed by atoms with Gasteiger partial charge in [0.15, 0.2) is 0 Å². The van der Waals surface area contributed by atoms with Crippen LogP contribution in [-0.2, 0) is 11.4 Å². The Labute approximate surface area is 94.7 Å². The molecule has 0 saturated carbocycles. The molecule has 2 rings (SSSR count). The summed E-state index contributed by atoms with van der Waals surface area (Å²) in [4.78, 5) is 13.4. The van der Waals surface area contributed by atoms with Crippen LogP contribution in [0.5, 0.6) is 0 Å². The van der Waals surface area contributed by atoms with Crippen LogP contribution in [0.25, 0.3) is 0 Å². The van der Waals surface area contributed by atoms with Gasteiger partial charge in [-0.1, -0.05) is 18.2 Å². The molecule has 0 spiro atoms. The highest BCUT2D eigenvalue weighted by Crippen LogP contribution is 2.27. The molecule has 0 aromatic heterocycles. The van der Waals surface area contributed by atoms with Crippen molar-refractivity contribution in [2.24, 2.45) is 5.92 Å². The van der Waals surface area contributed by atoms with E-state index in [0.29, 0.717) is 13.0 Å². The second-order valence-electron chi connectivity index (χ2n) is 3.86. The zero-order valence-corrected chi connectivity index (χ0v) is 8.89. The quantitative estimate of drug-likeness (QED) is 0.752. The van der Waals surface area contributed by atoms with E-state index in [2.05, 4.69) is 5.92 Å². The molecule has 0 radical (unpaired) electrons. The third-order valence-corrected chi connectivity index (χ3v) is 2.81. The topological polar surface area (TPSA) is 40.5 Å². The first-order chi connectivity index (χ1) is 7.76. The number of benzene rings is 1. The Balaban J connectivity index is 2.31. The van der Waals surface area contributed by atoms with Crippen LogP contribution in [0.2, 0.25) is 0 Å². The average Bonchev–Trinajstić information content (AvgIpc) is 2.70. The molecule has 1 heterocycles. The number of hydrogen-bond donors (Lipinski definition) is 1. The minimum absolute atomic E-state index is 0.0146. The van der Waals surface area contributed by atoms with E-state index in [1.165, 1.54) is 0 Å². The van der Waals surface area contributed by atoms with Crippen LogP contribution in [-0.4, -0.2) is 17.6 Å². The first-order valence-electron chi connectivity index (χ1n) is 5.21. The molecule has 3 nitrogen and oxygen atoms in total. The highest BCUT2D eigenvalue weighted by molar-refractivity contribution is 5.96. The third-order valence-electron chi connectivity index (χ3n) is 2.81. The molecule has 1 atom stereocenters. The fourth-order valence-corrected chi connectivity index (χ4v) is 1.96. The minimum Gasteiger partial charge on any atom is -0.392 e. The van der Waals surface area contributed by atoms with Crippen molar-refractivity contribution < 1.29 is 9.90 Å². The second kappa shape index (κ2) is 4.38. The molecule has 1 saturated heterocycles. The van der Waals surface area contributed by atoms with Gasteiger partial charge in [-0.3, -0.25) is 4.79 Å². The van der Waals surface area contributed by atoms with E-state index in [-0.39, 0.29) is 18.4 Å². The van der Waals surface area contributed by atoms with E-state index in [0.717, 1.165) is 11.3 Å². The number of aliphatic hydroxyl groups excluding tert-OH is 1. The van der Waals surface area contributed by atoms with Gasteiger partial charge >= 0.3 is 0 Å². The van der Waals surface area contributed by atoms with Gasteiger partial charge in [0, 0.05) is 30.1 Å². The van der Waals surface area contributed by atoms with Crippen LogP contribution in [0.1, 0.15) is 12.0 Å². The maximum Gasteiger partial charge on any atom is 0.228 e. The molecule has 1 amide bonds. The summed E-state index contributed by atoms with van der Waals surface area (Å²) in [5, 5.41) is 9.21. The van der Waals surface area contributed by atoms with E-state index in [1.807, 2.05) is 24.3 Å². The molecule has 82 valence electrons. The lowest BCUT2D eigenvalue weighted by molar-refractivity contribution is -0.117. The number of amides is 1. The maximum absolute atomic E-state index is 11.8. The van der Waals surface area contributed by atoms with E-state index in [4.69, 9.17) is 6.42 Å². The minimum atomic E-state index is -0.0688. The lowest BCUT2D eigenvalue weighted by Crippen LogP contribution is -2.25. The summed E-state index contributed by atoms with van der Waals surface area (Å²) in [5.41, 5.74) is 1.53. The SMILES string of the molecule is C#CC1CC(=O)N(c2ccccc2CO)C1. The Bertz CT molecular complexity index is 447. The molecule has 3 heteroatoms. The predicted molar refractivity (Wildman–Crippen MR) is 61.7 cm³/mol. The number of aliphatic hydroxyl groups is 1. The summed E-state index contributed by atoms with van der Waals surface area (Å²) in [6, 6.07) is 7.34. The van der Waals surface area contributed by atoms with Crippen LogP contribution in [0.3, 0.4) is 0 Å². The van der Waals surface area contributed by atoms with Gasteiger partial charge in [-0.15, -0.1) is 12.3 Å². The molecular formula is C13H13NO2. The zero-order chi connectivity index (χ0) is 11.5. The lowest BCUT2D eigenvalue weighted by Gasteiger charge is -2.18. The second-order valence-corrected chi connectivity index (χ2v) is 3.86. The van der Waals surface area contributed by atoms with E-state index in [1.54, 1.807) is 4.90 Å². The van der Waals surface area contributed by atoms with Crippen molar-refractivity contribution in [2.45, 2.75) is 13.0 Å². The number of para-hydroxylation sites is 1. The normalized spacial score (nSPS) is 19.9. The molecule has 1 fully saturated rings. The number of anilines is 1. The summed E-state index contributed by atoms with van der Waals surface area (Å²) < 4.78 is 0. The first kappa shape index (κ1) is 10.7. The van der Waals surface area contributed by atoms with Gasteiger partial charge in [0.25, 0.3) is 0 Å². The number of carbonyl (C=O) groups excluding carboxylic acids is 1. The Hall–Kier alpha value is -1.79. The number of nitrogens with zero attached hydrogens (tertiary/aromatic N) is 1. The number of terminal acetylenes is 1. The van der Waals surface area contributed by atoms with Crippen molar-refractivity contribution in [1.29, 1.82) is 0 Å². The van der Waals surface area contributed by atoms with Crippen molar-refractivity contribution in [2.75, 3.05) is 11.4 Å². The highest BCUT2D eigenvalue weighted by atomic mass is 16.3. The van der Waals surface area contributed by atoms with Crippen LogP contribution in [0.15, 0.2) is 24.3 Å². The summed E-state index contributed by atoms with van der Waals surface area (Å²) in [7, 11) is 0. The third kappa shape index (κ3) is 1.80. The molecule has 1 unspecified atom stereocenters. The van der Waals surface area contributed by atoms with Gasteiger partial charge in [0.05, 0.1) is 6.61 Å². The summed E-state index contributed by atoms with van der Waals surface area (Å²) in [6.45, 7) is 0.479. The molecule has 0 bridgehead atoms. The molecule has 1 aromatic carbocycles. The van der Waals surface area contributed by atoms with Gasteiger partial charge in [-0.05, 0) is 6.07 Å². The molecule has 1 aliphatic heterocycles. The Morgan fingerprint density at radius 1 is 1.50 bits per heavy atom. The standard InChI is InChI=1S/C13H13NO2/c1-2-10-7-13(16)14(8-10)12-6-4-3-5-11(12)9-15/h1,3-6,10,15H,7-9H2. The molecule has 1 aliphatic rings. The summed E-state index contributed by atoms with van der Waals surface area (Å²) >= 11 is 0. The van der Waals surface area contributed by atoms with Gasteiger partial charge < -0.3 is 10.0 Å². The van der Waals surface area contributed by atoms with Crippen molar-refractivity contribution in [3.8, 4) is 12.3 Å². The number of hydrogen-bond acceptors (Lipinski definition) is 2. The largest absolute Gasteiger partial charge is 0.392 e. The summed E-state index contributed by atoms with van der Waals surface area (Å²) in [5.74, 6) is 2.62. The van der Waals surface area contributed by atoms with Crippen LogP contribution < -0.4 is 4.90 Å². The fraction of sp³-hybridized carbons (Fsp3) is 0.308. The van der Waals surface area contributed by atoms with Crippen molar-refractivity contribution in [3.63, 3.8) is 0 Å². The smallest absolute Gasteiger partial charge is 0.228 e. The fourth-order valence-electron chi connectivity index (χ4n) is 1.96. The average molecular weight is 215 g/mol. The lowest BCUT2D eigenvalue weighted by atomic mass is 10.1. The first-order valence-corrected chi connectivity index (χ1v) is 5.21. The maximum atomic E-state index is 11.8. The van der Waals surface area contributed by atoms with Gasteiger partial charge in [-0.25, -0.2) is 0 Å². The molecule has 1 aromatic rings. The molecule has 1 N–H and O–H groups in total. The molecule has 16 heavy (non-hydrogen) atoms. The van der Waals surface area contributed by atoms with Gasteiger partial charge in [0.2, 0.25) is 5.91 Å². The molecular weight excluding hydrogens is 202 g/mol. The van der Waals surface area contributed by atoms with Crippen LogP contribution in [0.4, 0.5) is 5.69 Å². The Kier molecular flexibility index (Phi) is 2.93. The van der Waals surface area contributed by atoms with E-state index >= 15 is 0 Å². The van der Waals surface area contributed by atoms with Crippen molar-refractivity contribution >= 4 is 11.6 Å².